The number of hydrogen-bond acceptors (Lipinski definition) is 5. The largest absolute Gasteiger partial charge is 0.341 e. The van der Waals surface area contributed by atoms with Crippen LogP contribution in [0.4, 0.5) is 0 Å². The minimum atomic E-state index is -3.37. The average Bonchev–Trinajstić information content (AvgIpc) is 3.14. The SMILES string of the molecule is Cc1ccc(S(=O)(=O)N2CC3(CN(C(=O)C(C)c4cccs4)C3)C2)s1. The first-order valence-electron chi connectivity index (χ1n) is 8.20. The van der Waals surface area contributed by atoms with Crippen molar-refractivity contribution in [3.63, 3.8) is 0 Å². The van der Waals surface area contributed by atoms with Gasteiger partial charge in [0.15, 0.2) is 0 Å². The number of likely N-dealkylation sites (tertiary alicyclic amines) is 1. The fourth-order valence-electron chi connectivity index (χ4n) is 3.60. The second kappa shape index (κ2) is 5.90. The Balaban J connectivity index is 1.35. The Morgan fingerprint density at radius 2 is 1.92 bits per heavy atom. The second-order valence-electron chi connectivity index (χ2n) is 7.07. The highest BCUT2D eigenvalue weighted by atomic mass is 32.2. The van der Waals surface area contributed by atoms with Gasteiger partial charge in [-0.3, -0.25) is 4.79 Å². The molecule has 2 aliphatic rings. The Labute approximate surface area is 155 Å². The highest BCUT2D eigenvalue weighted by molar-refractivity contribution is 7.91. The Morgan fingerprint density at radius 3 is 2.48 bits per heavy atom. The molecule has 1 unspecified atom stereocenters. The van der Waals surface area contributed by atoms with Gasteiger partial charge in [0.25, 0.3) is 10.0 Å². The van der Waals surface area contributed by atoms with Gasteiger partial charge in [0, 0.05) is 41.3 Å². The monoisotopic (exact) mass is 396 g/mol. The van der Waals surface area contributed by atoms with Crippen molar-refractivity contribution in [1.29, 1.82) is 0 Å². The van der Waals surface area contributed by atoms with Crippen molar-refractivity contribution in [2.24, 2.45) is 5.41 Å². The fourth-order valence-corrected chi connectivity index (χ4v) is 7.48. The van der Waals surface area contributed by atoms with Gasteiger partial charge in [-0.05, 0) is 37.4 Å². The second-order valence-corrected chi connectivity index (χ2v) is 11.5. The molecule has 0 saturated carbocycles. The summed E-state index contributed by atoms with van der Waals surface area (Å²) < 4.78 is 27.1. The van der Waals surface area contributed by atoms with Gasteiger partial charge < -0.3 is 4.90 Å². The number of rotatable bonds is 4. The zero-order chi connectivity index (χ0) is 17.8. The van der Waals surface area contributed by atoms with Crippen molar-refractivity contribution in [2.45, 2.75) is 24.0 Å². The van der Waals surface area contributed by atoms with E-state index in [0.717, 1.165) is 9.75 Å². The van der Waals surface area contributed by atoms with Crippen molar-refractivity contribution >= 4 is 38.6 Å². The first-order valence-corrected chi connectivity index (χ1v) is 11.3. The van der Waals surface area contributed by atoms with Crippen LogP contribution in [-0.4, -0.2) is 49.7 Å². The lowest BCUT2D eigenvalue weighted by molar-refractivity contribution is -0.153. The lowest BCUT2D eigenvalue weighted by atomic mass is 9.74. The van der Waals surface area contributed by atoms with Crippen molar-refractivity contribution < 1.29 is 13.2 Å². The number of amides is 1. The number of hydrogen-bond donors (Lipinski definition) is 0. The molecule has 0 radical (unpaired) electrons. The topological polar surface area (TPSA) is 57.7 Å². The molecule has 0 aliphatic carbocycles. The molecule has 8 heteroatoms. The van der Waals surface area contributed by atoms with Crippen LogP contribution in [0.15, 0.2) is 33.9 Å². The highest BCUT2D eigenvalue weighted by Crippen LogP contribution is 2.44. The summed E-state index contributed by atoms with van der Waals surface area (Å²) in [6.07, 6.45) is 0. The van der Waals surface area contributed by atoms with Crippen LogP contribution >= 0.6 is 22.7 Å². The molecule has 2 aromatic heterocycles. The Kier molecular flexibility index (Phi) is 4.06. The molecule has 1 amide bonds. The molecule has 4 heterocycles. The molecule has 134 valence electrons. The minimum Gasteiger partial charge on any atom is -0.341 e. The van der Waals surface area contributed by atoms with Crippen LogP contribution in [0.3, 0.4) is 0 Å². The molecule has 1 atom stereocenters. The van der Waals surface area contributed by atoms with Crippen LogP contribution in [0.1, 0.15) is 22.6 Å². The van der Waals surface area contributed by atoms with E-state index in [4.69, 9.17) is 0 Å². The summed E-state index contributed by atoms with van der Waals surface area (Å²) in [6.45, 7) is 6.21. The summed E-state index contributed by atoms with van der Waals surface area (Å²) in [5.41, 5.74) is -0.0375. The van der Waals surface area contributed by atoms with E-state index in [0.29, 0.717) is 30.4 Å². The molecule has 2 fully saturated rings. The van der Waals surface area contributed by atoms with Crippen molar-refractivity contribution in [1.82, 2.24) is 9.21 Å². The molecular formula is C17H20N2O3S3. The molecule has 0 N–H and O–H groups in total. The molecule has 2 saturated heterocycles. The number of nitrogens with zero attached hydrogens (tertiary/aromatic N) is 2. The maximum Gasteiger partial charge on any atom is 0.252 e. The highest BCUT2D eigenvalue weighted by Gasteiger charge is 2.56. The molecule has 1 spiro atoms. The molecular weight excluding hydrogens is 376 g/mol. The first-order chi connectivity index (χ1) is 11.8. The molecule has 4 rings (SSSR count). The van der Waals surface area contributed by atoms with E-state index in [1.54, 1.807) is 21.7 Å². The van der Waals surface area contributed by atoms with Crippen LogP contribution in [0.2, 0.25) is 0 Å². The van der Waals surface area contributed by atoms with E-state index in [9.17, 15) is 13.2 Å². The van der Waals surface area contributed by atoms with E-state index < -0.39 is 10.0 Å². The third-order valence-corrected chi connectivity index (χ3v) is 9.35. The lowest BCUT2D eigenvalue weighted by Crippen LogP contribution is -2.73. The standard InChI is InChI=1S/C17H20N2O3S3/c1-12-5-6-15(24-12)25(21,22)19-10-17(11-19)8-18(9-17)16(20)13(2)14-4-3-7-23-14/h3-7,13H,8-11H2,1-2H3. The van der Waals surface area contributed by atoms with E-state index in [2.05, 4.69) is 0 Å². The van der Waals surface area contributed by atoms with Gasteiger partial charge in [-0.25, -0.2) is 8.42 Å². The van der Waals surface area contributed by atoms with Crippen LogP contribution in [-0.2, 0) is 14.8 Å². The predicted octanol–water partition coefficient (Wildman–Crippen LogP) is 2.75. The third-order valence-electron chi connectivity index (χ3n) is 5.04. The smallest absolute Gasteiger partial charge is 0.252 e. The first kappa shape index (κ1) is 17.2. The van der Waals surface area contributed by atoms with Gasteiger partial charge in [-0.1, -0.05) is 6.07 Å². The Hall–Kier alpha value is -1.22. The van der Waals surface area contributed by atoms with Crippen LogP contribution in [0, 0.1) is 12.3 Å². The molecule has 0 bridgehead atoms. The fraction of sp³-hybridized carbons (Fsp3) is 0.471. The zero-order valence-corrected chi connectivity index (χ0v) is 16.6. The molecule has 5 nitrogen and oxygen atoms in total. The van der Waals surface area contributed by atoms with Crippen LogP contribution < -0.4 is 0 Å². The summed E-state index contributed by atoms with van der Waals surface area (Å²) in [5, 5.41) is 1.98. The summed E-state index contributed by atoms with van der Waals surface area (Å²) in [6, 6.07) is 7.47. The van der Waals surface area contributed by atoms with E-state index in [1.807, 2.05) is 42.3 Å². The average molecular weight is 397 g/mol. The van der Waals surface area contributed by atoms with Crippen molar-refractivity contribution in [3.8, 4) is 0 Å². The van der Waals surface area contributed by atoms with Crippen LogP contribution in [0.5, 0.6) is 0 Å². The van der Waals surface area contributed by atoms with Gasteiger partial charge in [-0.15, -0.1) is 22.7 Å². The third kappa shape index (κ3) is 2.85. The van der Waals surface area contributed by atoms with Crippen molar-refractivity contribution in [3.05, 3.63) is 39.4 Å². The van der Waals surface area contributed by atoms with Gasteiger partial charge in [-0.2, -0.15) is 4.31 Å². The van der Waals surface area contributed by atoms with E-state index >= 15 is 0 Å². The summed E-state index contributed by atoms with van der Waals surface area (Å²) in [7, 11) is -3.37. The minimum absolute atomic E-state index is 0.0375. The van der Waals surface area contributed by atoms with Gasteiger partial charge >= 0.3 is 0 Å². The maximum atomic E-state index is 12.6. The van der Waals surface area contributed by atoms with Gasteiger partial charge in [0.05, 0.1) is 5.92 Å². The molecule has 25 heavy (non-hydrogen) atoms. The summed E-state index contributed by atoms with van der Waals surface area (Å²) in [4.78, 5) is 16.5. The normalized spacial score (nSPS) is 21.0. The summed E-state index contributed by atoms with van der Waals surface area (Å²) >= 11 is 2.91. The van der Waals surface area contributed by atoms with Gasteiger partial charge in [0.1, 0.15) is 4.21 Å². The van der Waals surface area contributed by atoms with Crippen LogP contribution in [0.25, 0.3) is 0 Å². The Bertz CT molecular complexity index is 887. The molecule has 2 aromatic rings. The number of carbonyl (C=O) groups is 1. The Morgan fingerprint density at radius 1 is 1.20 bits per heavy atom. The number of sulfonamides is 1. The predicted molar refractivity (Wildman–Crippen MR) is 99.6 cm³/mol. The lowest BCUT2D eigenvalue weighted by Gasteiger charge is -2.59. The molecule has 0 aromatic carbocycles. The number of aryl methyl sites for hydroxylation is 1. The zero-order valence-electron chi connectivity index (χ0n) is 14.1. The van der Waals surface area contributed by atoms with Crippen molar-refractivity contribution in [2.75, 3.05) is 26.2 Å². The summed E-state index contributed by atoms with van der Waals surface area (Å²) in [5.74, 6) is 0.0228. The van der Waals surface area contributed by atoms with E-state index in [1.165, 1.54) is 11.3 Å². The molecule has 2 aliphatic heterocycles. The maximum absolute atomic E-state index is 12.6. The number of thiophene rings is 2. The number of carbonyl (C=O) groups excluding carboxylic acids is 1. The van der Waals surface area contributed by atoms with Gasteiger partial charge in [0.2, 0.25) is 5.91 Å². The van der Waals surface area contributed by atoms with E-state index in [-0.39, 0.29) is 17.2 Å². The quantitative estimate of drug-likeness (QED) is 0.798.